The Balaban J connectivity index is 2.01. The molecule has 126 valence electrons. The summed E-state index contributed by atoms with van der Waals surface area (Å²) in [6, 6.07) is 13.9. The number of carbonyl (C=O) groups is 1. The van der Waals surface area contributed by atoms with Gasteiger partial charge in [0.05, 0.1) is 12.6 Å². The minimum absolute atomic E-state index is 0.122. The van der Waals surface area contributed by atoms with Crippen LogP contribution in [0.1, 0.15) is 48.2 Å². The van der Waals surface area contributed by atoms with Gasteiger partial charge in [0.25, 0.3) is 5.91 Å². The van der Waals surface area contributed by atoms with Crippen LogP contribution in [0.5, 0.6) is 5.75 Å². The van der Waals surface area contributed by atoms with E-state index in [1.807, 2.05) is 41.3 Å². The van der Waals surface area contributed by atoms with Crippen molar-refractivity contribution in [3.63, 3.8) is 0 Å². The van der Waals surface area contributed by atoms with Crippen LogP contribution in [0.15, 0.2) is 46.9 Å². The molecule has 0 saturated heterocycles. The molecule has 2 aromatic carbocycles. The zero-order valence-electron chi connectivity index (χ0n) is 14.3. The molecular formula is C20H22BrNO2. The second-order valence-electron chi connectivity index (χ2n) is 6.17. The van der Waals surface area contributed by atoms with Gasteiger partial charge in [0, 0.05) is 16.6 Å². The van der Waals surface area contributed by atoms with Crippen LogP contribution in [0.4, 0.5) is 0 Å². The summed E-state index contributed by atoms with van der Waals surface area (Å²) in [6.45, 7) is 4.93. The van der Waals surface area contributed by atoms with Gasteiger partial charge in [-0.2, -0.15) is 0 Å². The third-order valence-corrected chi connectivity index (χ3v) is 5.64. The Morgan fingerprint density at radius 1 is 1.08 bits per heavy atom. The number of methoxy groups -OCH3 is 1. The molecule has 3 nitrogen and oxygen atoms in total. The molecule has 1 aliphatic rings. The standard InChI is InChI=1S/C20H22BrNO2/c1-4-20(5-2)18-12-15(21)8-11-17(18)19(23)22(20)13-14-6-9-16(24-3)10-7-14/h6-12H,4-5,13H2,1-3H3. The lowest BCUT2D eigenvalue weighted by molar-refractivity contribution is 0.0488. The highest BCUT2D eigenvalue weighted by molar-refractivity contribution is 9.10. The predicted octanol–water partition coefficient (Wildman–Crippen LogP) is 5.13. The monoisotopic (exact) mass is 387 g/mol. The van der Waals surface area contributed by atoms with E-state index in [1.54, 1.807) is 7.11 Å². The first-order valence-electron chi connectivity index (χ1n) is 8.30. The summed E-state index contributed by atoms with van der Waals surface area (Å²) >= 11 is 3.55. The zero-order chi connectivity index (χ0) is 17.3. The maximum Gasteiger partial charge on any atom is 0.255 e. The fourth-order valence-corrected chi connectivity index (χ4v) is 4.08. The molecule has 1 heterocycles. The normalized spacial score (nSPS) is 15.5. The lowest BCUT2D eigenvalue weighted by Crippen LogP contribution is -2.42. The Morgan fingerprint density at radius 2 is 1.75 bits per heavy atom. The van der Waals surface area contributed by atoms with Crippen molar-refractivity contribution in [3.05, 3.63) is 63.6 Å². The number of amides is 1. The molecule has 0 fully saturated rings. The molecule has 0 N–H and O–H groups in total. The van der Waals surface area contributed by atoms with Crippen LogP contribution in [-0.4, -0.2) is 17.9 Å². The van der Waals surface area contributed by atoms with E-state index in [2.05, 4.69) is 35.8 Å². The minimum atomic E-state index is -0.240. The number of nitrogens with zero attached hydrogens (tertiary/aromatic N) is 1. The number of ether oxygens (including phenoxy) is 1. The minimum Gasteiger partial charge on any atom is -0.497 e. The third-order valence-electron chi connectivity index (χ3n) is 5.14. The molecule has 0 saturated carbocycles. The summed E-state index contributed by atoms with van der Waals surface area (Å²) in [5.41, 5.74) is 2.84. The Morgan fingerprint density at radius 3 is 2.33 bits per heavy atom. The highest BCUT2D eigenvalue weighted by Gasteiger charge is 2.47. The fourth-order valence-electron chi connectivity index (χ4n) is 3.72. The third kappa shape index (κ3) is 2.63. The SMILES string of the molecule is CCC1(CC)c2cc(Br)ccc2C(=O)N1Cc1ccc(OC)cc1. The van der Waals surface area contributed by atoms with Gasteiger partial charge in [-0.1, -0.05) is 41.9 Å². The van der Waals surface area contributed by atoms with E-state index in [9.17, 15) is 4.79 Å². The fraction of sp³-hybridized carbons (Fsp3) is 0.350. The maximum absolute atomic E-state index is 13.1. The van der Waals surface area contributed by atoms with Crippen molar-refractivity contribution in [2.24, 2.45) is 0 Å². The van der Waals surface area contributed by atoms with E-state index in [0.717, 1.165) is 39.8 Å². The number of hydrogen-bond acceptors (Lipinski definition) is 2. The number of fused-ring (bicyclic) bond motifs is 1. The summed E-state index contributed by atoms with van der Waals surface area (Å²) in [6.07, 6.45) is 1.80. The number of halogens is 1. The van der Waals surface area contributed by atoms with E-state index in [0.29, 0.717) is 6.54 Å². The lowest BCUT2D eigenvalue weighted by Gasteiger charge is -2.38. The quantitative estimate of drug-likeness (QED) is 0.711. The van der Waals surface area contributed by atoms with Crippen LogP contribution in [0.25, 0.3) is 0 Å². The molecule has 2 aromatic rings. The Bertz CT molecular complexity index is 751. The first kappa shape index (κ1) is 17.0. The van der Waals surface area contributed by atoms with E-state index in [-0.39, 0.29) is 11.4 Å². The first-order valence-corrected chi connectivity index (χ1v) is 9.10. The van der Waals surface area contributed by atoms with Gasteiger partial charge in [0.1, 0.15) is 5.75 Å². The zero-order valence-corrected chi connectivity index (χ0v) is 15.9. The molecule has 0 aliphatic carbocycles. The lowest BCUT2D eigenvalue weighted by atomic mass is 9.84. The van der Waals surface area contributed by atoms with Crippen LogP contribution in [0.2, 0.25) is 0 Å². The van der Waals surface area contributed by atoms with Crippen molar-refractivity contribution < 1.29 is 9.53 Å². The smallest absolute Gasteiger partial charge is 0.255 e. The van der Waals surface area contributed by atoms with Gasteiger partial charge >= 0.3 is 0 Å². The maximum atomic E-state index is 13.1. The van der Waals surface area contributed by atoms with Crippen molar-refractivity contribution in [1.82, 2.24) is 4.90 Å². The van der Waals surface area contributed by atoms with E-state index in [4.69, 9.17) is 4.74 Å². The van der Waals surface area contributed by atoms with Crippen LogP contribution in [0, 0.1) is 0 Å². The average Bonchev–Trinajstić information content (AvgIpc) is 2.84. The van der Waals surface area contributed by atoms with Crippen molar-refractivity contribution in [2.45, 2.75) is 38.8 Å². The summed E-state index contributed by atoms with van der Waals surface area (Å²) in [5, 5.41) is 0. The van der Waals surface area contributed by atoms with Gasteiger partial charge < -0.3 is 9.64 Å². The van der Waals surface area contributed by atoms with Crippen molar-refractivity contribution >= 4 is 21.8 Å². The summed E-state index contributed by atoms with van der Waals surface area (Å²) < 4.78 is 6.24. The van der Waals surface area contributed by atoms with Crippen molar-refractivity contribution in [2.75, 3.05) is 7.11 Å². The molecule has 0 unspecified atom stereocenters. The number of carbonyl (C=O) groups excluding carboxylic acids is 1. The second kappa shape index (κ2) is 6.60. The molecule has 0 radical (unpaired) electrons. The molecule has 0 aromatic heterocycles. The largest absolute Gasteiger partial charge is 0.497 e. The first-order chi connectivity index (χ1) is 11.6. The molecule has 24 heavy (non-hydrogen) atoms. The van der Waals surface area contributed by atoms with Gasteiger partial charge in [-0.3, -0.25) is 4.79 Å². The van der Waals surface area contributed by atoms with Gasteiger partial charge in [0.15, 0.2) is 0 Å². The van der Waals surface area contributed by atoms with Crippen molar-refractivity contribution in [1.29, 1.82) is 0 Å². The van der Waals surface area contributed by atoms with Gasteiger partial charge in [-0.15, -0.1) is 0 Å². The number of hydrogen-bond donors (Lipinski definition) is 0. The van der Waals surface area contributed by atoms with E-state index >= 15 is 0 Å². The van der Waals surface area contributed by atoms with Crippen LogP contribution >= 0.6 is 15.9 Å². The summed E-state index contributed by atoms with van der Waals surface area (Å²) in [5.74, 6) is 0.952. The molecular weight excluding hydrogens is 366 g/mol. The topological polar surface area (TPSA) is 29.5 Å². The second-order valence-corrected chi connectivity index (χ2v) is 7.08. The van der Waals surface area contributed by atoms with Crippen LogP contribution in [0.3, 0.4) is 0 Å². The highest BCUT2D eigenvalue weighted by atomic mass is 79.9. The Hall–Kier alpha value is -1.81. The van der Waals surface area contributed by atoms with Crippen LogP contribution in [-0.2, 0) is 12.1 Å². The molecule has 1 aliphatic heterocycles. The summed E-state index contributed by atoms with van der Waals surface area (Å²) in [4.78, 5) is 15.1. The molecule has 3 rings (SSSR count). The van der Waals surface area contributed by atoms with Gasteiger partial charge in [0.2, 0.25) is 0 Å². The van der Waals surface area contributed by atoms with Crippen LogP contribution < -0.4 is 4.74 Å². The molecule has 0 atom stereocenters. The molecule has 1 amide bonds. The Labute approximate surface area is 151 Å². The molecule has 0 bridgehead atoms. The molecule has 4 heteroatoms. The number of benzene rings is 2. The predicted molar refractivity (Wildman–Crippen MR) is 99.3 cm³/mol. The van der Waals surface area contributed by atoms with E-state index < -0.39 is 0 Å². The van der Waals surface area contributed by atoms with E-state index in [1.165, 1.54) is 0 Å². The summed E-state index contributed by atoms with van der Waals surface area (Å²) in [7, 11) is 1.66. The van der Waals surface area contributed by atoms with Gasteiger partial charge in [-0.05, 0) is 54.3 Å². The average molecular weight is 388 g/mol. The molecule has 0 spiro atoms. The van der Waals surface area contributed by atoms with Crippen molar-refractivity contribution in [3.8, 4) is 5.75 Å². The highest BCUT2D eigenvalue weighted by Crippen LogP contribution is 2.45. The Kier molecular flexibility index (Phi) is 4.68. The number of rotatable bonds is 5. The van der Waals surface area contributed by atoms with Gasteiger partial charge in [-0.25, -0.2) is 0 Å².